The zero-order valence-electron chi connectivity index (χ0n) is 17.3. The standard InChI is InChI=1S/C22H28ClF2N5O/c23-17-12-27-20(29-15-3-1-14(26)2-4-15)9-16(17)21-18(24)10-19(25)22(30-21)28-11-13-5-7-31-8-6-13/h9-10,12-15H,1-8,11,26H2,(H,27,29)(H,28,30)/t14-,15-. The molecule has 0 unspecified atom stereocenters. The fourth-order valence-corrected chi connectivity index (χ4v) is 4.34. The zero-order chi connectivity index (χ0) is 21.8. The molecule has 1 saturated heterocycles. The van der Waals surface area contributed by atoms with Gasteiger partial charge in [0.2, 0.25) is 0 Å². The van der Waals surface area contributed by atoms with Crippen molar-refractivity contribution in [1.82, 2.24) is 9.97 Å². The van der Waals surface area contributed by atoms with Gasteiger partial charge in [0.15, 0.2) is 17.5 Å². The number of halogens is 3. The molecule has 2 aliphatic rings. The summed E-state index contributed by atoms with van der Waals surface area (Å²) in [7, 11) is 0. The molecule has 4 N–H and O–H groups in total. The molecule has 0 spiro atoms. The summed E-state index contributed by atoms with van der Waals surface area (Å²) in [6.45, 7) is 1.96. The van der Waals surface area contributed by atoms with E-state index in [-0.39, 0.29) is 28.6 Å². The Morgan fingerprint density at radius 1 is 1.06 bits per heavy atom. The van der Waals surface area contributed by atoms with Crippen LogP contribution in [0, 0.1) is 17.6 Å². The van der Waals surface area contributed by atoms with Gasteiger partial charge in [-0.15, -0.1) is 0 Å². The van der Waals surface area contributed by atoms with Crippen LogP contribution in [0.15, 0.2) is 18.3 Å². The van der Waals surface area contributed by atoms with Crippen LogP contribution >= 0.6 is 11.6 Å². The minimum absolute atomic E-state index is 0.00278. The Morgan fingerprint density at radius 2 is 1.81 bits per heavy atom. The van der Waals surface area contributed by atoms with Crippen LogP contribution in [0.1, 0.15) is 38.5 Å². The molecule has 0 atom stereocenters. The maximum absolute atomic E-state index is 14.7. The monoisotopic (exact) mass is 451 g/mol. The number of nitrogens with two attached hydrogens (primary N) is 1. The molecule has 3 heterocycles. The van der Waals surface area contributed by atoms with Crippen molar-refractivity contribution >= 4 is 23.2 Å². The van der Waals surface area contributed by atoms with Gasteiger partial charge in [-0.25, -0.2) is 18.7 Å². The SMILES string of the molecule is N[C@H]1CC[C@H](Nc2cc(-c3nc(NCC4CCOCC4)c(F)cc3F)c(Cl)cn2)CC1. The second-order valence-electron chi connectivity index (χ2n) is 8.39. The average molecular weight is 452 g/mol. The van der Waals surface area contributed by atoms with E-state index in [1.165, 1.54) is 6.20 Å². The van der Waals surface area contributed by atoms with Crippen molar-refractivity contribution in [1.29, 1.82) is 0 Å². The first-order valence-corrected chi connectivity index (χ1v) is 11.2. The fraction of sp³-hybridized carbons (Fsp3) is 0.545. The Morgan fingerprint density at radius 3 is 2.55 bits per heavy atom. The van der Waals surface area contributed by atoms with Crippen LogP contribution in [0.25, 0.3) is 11.3 Å². The van der Waals surface area contributed by atoms with Gasteiger partial charge < -0.3 is 21.1 Å². The number of anilines is 2. The number of nitrogens with zero attached hydrogens (tertiary/aromatic N) is 2. The van der Waals surface area contributed by atoms with E-state index in [2.05, 4.69) is 20.6 Å². The first kappa shape index (κ1) is 22.2. The molecule has 0 bridgehead atoms. The molecule has 0 aromatic carbocycles. The molecule has 1 saturated carbocycles. The molecule has 4 rings (SSSR count). The maximum Gasteiger partial charge on any atom is 0.168 e. The molecule has 2 aromatic rings. The Labute approximate surface area is 185 Å². The van der Waals surface area contributed by atoms with Gasteiger partial charge in [-0.1, -0.05) is 11.6 Å². The lowest BCUT2D eigenvalue weighted by Gasteiger charge is -2.27. The number of aromatic nitrogens is 2. The molecule has 1 aliphatic heterocycles. The molecule has 2 aromatic heterocycles. The quantitative estimate of drug-likeness (QED) is 0.595. The number of hydrogen-bond acceptors (Lipinski definition) is 6. The zero-order valence-corrected chi connectivity index (χ0v) is 18.1. The molecule has 0 radical (unpaired) electrons. The topological polar surface area (TPSA) is 85.1 Å². The Balaban J connectivity index is 1.53. The van der Waals surface area contributed by atoms with Crippen molar-refractivity contribution < 1.29 is 13.5 Å². The summed E-state index contributed by atoms with van der Waals surface area (Å²) in [5.41, 5.74) is 6.34. The average Bonchev–Trinajstić information content (AvgIpc) is 2.77. The van der Waals surface area contributed by atoms with Crippen LogP contribution in [-0.2, 0) is 4.74 Å². The van der Waals surface area contributed by atoms with E-state index in [0.29, 0.717) is 37.1 Å². The van der Waals surface area contributed by atoms with Gasteiger partial charge in [0.1, 0.15) is 11.5 Å². The van der Waals surface area contributed by atoms with Crippen LogP contribution in [0.3, 0.4) is 0 Å². The highest BCUT2D eigenvalue weighted by atomic mass is 35.5. The highest BCUT2D eigenvalue weighted by Gasteiger charge is 2.21. The Hall–Kier alpha value is -2.03. The molecule has 168 valence electrons. The molecule has 31 heavy (non-hydrogen) atoms. The lowest BCUT2D eigenvalue weighted by Crippen LogP contribution is -2.33. The predicted octanol–water partition coefficient (Wildman–Crippen LogP) is 4.60. The van der Waals surface area contributed by atoms with E-state index in [4.69, 9.17) is 22.1 Å². The number of hydrogen-bond donors (Lipinski definition) is 3. The second-order valence-corrected chi connectivity index (χ2v) is 8.80. The summed E-state index contributed by atoms with van der Waals surface area (Å²) in [6.07, 6.45) is 7.07. The number of nitrogens with one attached hydrogen (secondary N) is 2. The molecule has 0 amide bonds. The van der Waals surface area contributed by atoms with E-state index in [1.807, 2.05) is 0 Å². The number of rotatable bonds is 6. The van der Waals surface area contributed by atoms with E-state index >= 15 is 0 Å². The Kier molecular flexibility index (Phi) is 7.20. The van der Waals surface area contributed by atoms with Gasteiger partial charge in [-0.05, 0) is 50.5 Å². The minimum Gasteiger partial charge on any atom is -0.381 e. The van der Waals surface area contributed by atoms with Crippen LogP contribution in [-0.4, -0.2) is 41.8 Å². The molecular weight excluding hydrogens is 424 g/mol. The lowest BCUT2D eigenvalue weighted by atomic mass is 9.92. The fourth-order valence-electron chi connectivity index (χ4n) is 4.14. The second kappa shape index (κ2) is 10.1. The summed E-state index contributed by atoms with van der Waals surface area (Å²) in [5, 5.41) is 6.66. The van der Waals surface area contributed by atoms with Gasteiger partial charge >= 0.3 is 0 Å². The smallest absolute Gasteiger partial charge is 0.168 e. The van der Waals surface area contributed by atoms with E-state index < -0.39 is 11.6 Å². The maximum atomic E-state index is 14.7. The third kappa shape index (κ3) is 5.61. The summed E-state index contributed by atoms with van der Waals surface area (Å²) in [4.78, 5) is 8.55. The van der Waals surface area contributed by atoms with Crippen LogP contribution < -0.4 is 16.4 Å². The third-order valence-corrected chi connectivity index (χ3v) is 6.36. The Bertz CT molecular complexity index is 902. The molecule has 9 heteroatoms. The number of ether oxygens (including phenoxy) is 1. The van der Waals surface area contributed by atoms with Crippen molar-refractivity contribution in [2.75, 3.05) is 30.4 Å². The first-order valence-electron chi connectivity index (χ1n) is 10.8. The highest BCUT2D eigenvalue weighted by Crippen LogP contribution is 2.32. The van der Waals surface area contributed by atoms with Crippen LogP contribution in [0.2, 0.25) is 5.02 Å². The van der Waals surface area contributed by atoms with Crippen molar-refractivity contribution in [2.24, 2.45) is 11.7 Å². The summed E-state index contributed by atoms with van der Waals surface area (Å²) >= 11 is 6.31. The summed E-state index contributed by atoms with van der Waals surface area (Å²) < 4.78 is 34.4. The van der Waals surface area contributed by atoms with Gasteiger partial charge in [-0.2, -0.15) is 0 Å². The van der Waals surface area contributed by atoms with Crippen molar-refractivity contribution in [2.45, 2.75) is 50.6 Å². The van der Waals surface area contributed by atoms with Gasteiger partial charge in [0.05, 0.1) is 5.02 Å². The highest BCUT2D eigenvalue weighted by molar-refractivity contribution is 6.33. The minimum atomic E-state index is -0.767. The van der Waals surface area contributed by atoms with Crippen LogP contribution in [0.5, 0.6) is 0 Å². The van der Waals surface area contributed by atoms with Gasteiger partial charge in [0.25, 0.3) is 0 Å². The normalized spacial score (nSPS) is 22.3. The molecule has 2 fully saturated rings. The van der Waals surface area contributed by atoms with E-state index in [0.717, 1.165) is 44.6 Å². The van der Waals surface area contributed by atoms with E-state index in [1.54, 1.807) is 6.07 Å². The predicted molar refractivity (Wildman–Crippen MR) is 118 cm³/mol. The van der Waals surface area contributed by atoms with Gasteiger partial charge in [0, 0.05) is 49.7 Å². The molecule has 6 nitrogen and oxygen atoms in total. The van der Waals surface area contributed by atoms with Crippen molar-refractivity contribution in [3.05, 3.63) is 35.0 Å². The first-order chi connectivity index (χ1) is 15.0. The third-order valence-electron chi connectivity index (χ3n) is 6.06. The largest absolute Gasteiger partial charge is 0.381 e. The summed E-state index contributed by atoms with van der Waals surface area (Å²) in [6, 6.07) is 3.02. The van der Waals surface area contributed by atoms with Crippen molar-refractivity contribution in [3.63, 3.8) is 0 Å². The lowest BCUT2D eigenvalue weighted by molar-refractivity contribution is 0.0699. The van der Waals surface area contributed by atoms with Crippen molar-refractivity contribution in [3.8, 4) is 11.3 Å². The molecular formula is C22H28ClF2N5O. The molecule has 1 aliphatic carbocycles. The van der Waals surface area contributed by atoms with E-state index in [9.17, 15) is 8.78 Å². The van der Waals surface area contributed by atoms with Crippen LogP contribution in [0.4, 0.5) is 20.4 Å². The number of pyridine rings is 2. The summed E-state index contributed by atoms with van der Waals surface area (Å²) in [5.74, 6) is -0.520. The van der Waals surface area contributed by atoms with Gasteiger partial charge in [-0.3, -0.25) is 0 Å².